The molecule has 0 heterocycles. The molecule has 21 heavy (non-hydrogen) atoms. The molecule has 0 bridgehead atoms. The third kappa shape index (κ3) is 14.0. The van der Waals surface area contributed by atoms with E-state index < -0.39 is 0 Å². The summed E-state index contributed by atoms with van der Waals surface area (Å²) in [5, 5.41) is 28.3. The minimum Gasteiger partial charge on any atom is -0.509 e. The number of aliphatic hydroxyl groups is 3. The fourth-order valence-corrected chi connectivity index (χ4v) is 2.47. The topological polar surface area (TPSA) is 60.7 Å². The van der Waals surface area contributed by atoms with Crippen LogP contribution in [0.4, 0.5) is 0 Å². The Labute approximate surface area is 131 Å². The first-order valence-corrected chi connectivity index (χ1v) is 8.93. The maximum Gasteiger partial charge on any atom is 0.129 e. The van der Waals surface area contributed by atoms with Gasteiger partial charge in [0.15, 0.2) is 0 Å². The SMILES string of the molecule is CCCCCCCC/C(O)=C(/O)CCCCCCCCO. The van der Waals surface area contributed by atoms with Crippen molar-refractivity contribution in [1.29, 1.82) is 0 Å². The normalized spacial score (nSPS) is 12.5. The molecule has 3 N–H and O–H groups in total. The van der Waals surface area contributed by atoms with Crippen molar-refractivity contribution in [2.24, 2.45) is 0 Å². The first-order valence-electron chi connectivity index (χ1n) is 8.93. The lowest BCUT2D eigenvalue weighted by atomic mass is 10.1. The van der Waals surface area contributed by atoms with Gasteiger partial charge < -0.3 is 15.3 Å². The summed E-state index contributed by atoms with van der Waals surface area (Å²) in [5.74, 6) is 0.393. The van der Waals surface area contributed by atoms with Crippen molar-refractivity contribution in [2.75, 3.05) is 6.61 Å². The lowest BCUT2D eigenvalue weighted by Crippen LogP contribution is -1.93. The first kappa shape index (κ1) is 20.3. The Bertz CT molecular complexity index is 249. The van der Waals surface area contributed by atoms with Crippen molar-refractivity contribution in [2.45, 2.75) is 96.8 Å². The van der Waals surface area contributed by atoms with E-state index in [9.17, 15) is 10.2 Å². The molecular formula is C18H36O3. The lowest BCUT2D eigenvalue weighted by Gasteiger charge is -2.06. The predicted octanol–water partition coefficient (Wildman–Crippen LogP) is 5.79. The van der Waals surface area contributed by atoms with Crippen molar-refractivity contribution in [3.05, 3.63) is 11.5 Å². The van der Waals surface area contributed by atoms with Crippen molar-refractivity contribution in [3.8, 4) is 0 Å². The standard InChI is InChI=1S/C18H36O3/c1-2-3-4-5-8-11-14-17(20)18(21)15-12-9-6-7-10-13-16-19/h19-21H,2-16H2,1H3/b18-17-. The summed E-state index contributed by atoms with van der Waals surface area (Å²) in [6.45, 7) is 2.50. The zero-order chi connectivity index (χ0) is 15.8. The van der Waals surface area contributed by atoms with Gasteiger partial charge >= 0.3 is 0 Å². The lowest BCUT2D eigenvalue weighted by molar-refractivity contribution is 0.281. The van der Waals surface area contributed by atoms with E-state index in [2.05, 4.69) is 6.92 Å². The van der Waals surface area contributed by atoms with E-state index in [0.29, 0.717) is 12.8 Å². The fraction of sp³-hybridized carbons (Fsp3) is 0.889. The van der Waals surface area contributed by atoms with Crippen LogP contribution in [0.25, 0.3) is 0 Å². The maximum atomic E-state index is 9.80. The zero-order valence-electron chi connectivity index (χ0n) is 13.9. The van der Waals surface area contributed by atoms with Crippen LogP contribution in [0.1, 0.15) is 96.8 Å². The number of aliphatic hydroxyl groups excluding tert-OH is 3. The van der Waals surface area contributed by atoms with Crippen LogP contribution in [-0.2, 0) is 0 Å². The summed E-state index contributed by atoms with van der Waals surface area (Å²) in [6, 6.07) is 0. The van der Waals surface area contributed by atoms with E-state index in [1.165, 1.54) is 25.7 Å². The van der Waals surface area contributed by atoms with E-state index in [-0.39, 0.29) is 18.1 Å². The molecule has 0 aliphatic rings. The van der Waals surface area contributed by atoms with Gasteiger partial charge in [0.1, 0.15) is 11.5 Å². The first-order chi connectivity index (χ1) is 10.2. The monoisotopic (exact) mass is 300 g/mol. The molecule has 0 aromatic rings. The third-order valence-electron chi connectivity index (χ3n) is 3.92. The highest BCUT2D eigenvalue weighted by molar-refractivity contribution is 4.98. The Hall–Kier alpha value is -0.700. The van der Waals surface area contributed by atoms with Gasteiger partial charge in [0.25, 0.3) is 0 Å². The van der Waals surface area contributed by atoms with Crippen LogP contribution in [0.2, 0.25) is 0 Å². The van der Waals surface area contributed by atoms with E-state index in [1.54, 1.807) is 0 Å². The second kappa shape index (κ2) is 15.7. The van der Waals surface area contributed by atoms with Gasteiger partial charge in [-0.1, -0.05) is 64.7 Å². The Morgan fingerprint density at radius 2 is 0.952 bits per heavy atom. The Morgan fingerprint density at radius 1 is 0.571 bits per heavy atom. The van der Waals surface area contributed by atoms with Crippen LogP contribution in [0.3, 0.4) is 0 Å². The highest BCUT2D eigenvalue weighted by Crippen LogP contribution is 2.16. The molecule has 0 aliphatic carbocycles. The van der Waals surface area contributed by atoms with Crippen molar-refractivity contribution >= 4 is 0 Å². The molecule has 0 aromatic carbocycles. The molecular weight excluding hydrogens is 264 g/mol. The number of hydrogen-bond acceptors (Lipinski definition) is 3. The van der Waals surface area contributed by atoms with Crippen LogP contribution in [-0.4, -0.2) is 21.9 Å². The summed E-state index contributed by atoms with van der Waals surface area (Å²) in [6.07, 6.45) is 14.7. The minimum atomic E-state index is 0.193. The molecule has 0 fully saturated rings. The molecule has 0 saturated heterocycles. The predicted molar refractivity (Wildman–Crippen MR) is 89.7 cm³/mol. The molecule has 0 unspecified atom stereocenters. The van der Waals surface area contributed by atoms with Gasteiger partial charge in [0.2, 0.25) is 0 Å². The molecule has 0 aromatic heterocycles. The highest BCUT2D eigenvalue weighted by atomic mass is 16.3. The number of unbranched alkanes of at least 4 members (excludes halogenated alkanes) is 10. The van der Waals surface area contributed by atoms with E-state index in [4.69, 9.17) is 5.11 Å². The van der Waals surface area contributed by atoms with Gasteiger partial charge in [-0.05, 0) is 19.3 Å². The van der Waals surface area contributed by atoms with Gasteiger partial charge in [-0.25, -0.2) is 0 Å². The Balaban J connectivity index is 3.50. The molecule has 0 atom stereocenters. The zero-order valence-corrected chi connectivity index (χ0v) is 13.9. The van der Waals surface area contributed by atoms with Crippen molar-refractivity contribution < 1.29 is 15.3 Å². The van der Waals surface area contributed by atoms with E-state index in [1.807, 2.05) is 0 Å². The second-order valence-electron chi connectivity index (χ2n) is 6.01. The van der Waals surface area contributed by atoms with Crippen LogP contribution < -0.4 is 0 Å². The second-order valence-corrected chi connectivity index (χ2v) is 6.01. The quantitative estimate of drug-likeness (QED) is 0.265. The molecule has 0 radical (unpaired) electrons. The minimum absolute atomic E-state index is 0.193. The molecule has 0 saturated carbocycles. The van der Waals surface area contributed by atoms with Gasteiger partial charge in [-0.2, -0.15) is 0 Å². The Kier molecular flexibility index (Phi) is 15.2. The molecule has 0 aliphatic heterocycles. The van der Waals surface area contributed by atoms with Crippen molar-refractivity contribution in [1.82, 2.24) is 0 Å². The number of allylic oxidation sites excluding steroid dienone is 2. The molecule has 3 nitrogen and oxygen atoms in total. The van der Waals surface area contributed by atoms with Crippen LogP contribution in [0.15, 0.2) is 11.5 Å². The maximum absolute atomic E-state index is 9.80. The molecule has 0 amide bonds. The van der Waals surface area contributed by atoms with Gasteiger partial charge in [0.05, 0.1) is 0 Å². The van der Waals surface area contributed by atoms with Gasteiger partial charge in [-0.3, -0.25) is 0 Å². The average molecular weight is 300 g/mol. The average Bonchev–Trinajstić information content (AvgIpc) is 2.49. The molecule has 0 spiro atoms. The van der Waals surface area contributed by atoms with Crippen molar-refractivity contribution in [3.63, 3.8) is 0 Å². The van der Waals surface area contributed by atoms with E-state index in [0.717, 1.165) is 51.4 Å². The number of rotatable bonds is 15. The highest BCUT2D eigenvalue weighted by Gasteiger charge is 2.04. The molecule has 3 heteroatoms. The van der Waals surface area contributed by atoms with Gasteiger partial charge in [0, 0.05) is 19.4 Å². The number of hydrogen-bond donors (Lipinski definition) is 3. The summed E-state index contributed by atoms with van der Waals surface area (Å²) in [7, 11) is 0. The summed E-state index contributed by atoms with van der Waals surface area (Å²) in [5.41, 5.74) is 0. The van der Waals surface area contributed by atoms with Crippen LogP contribution in [0.5, 0.6) is 0 Å². The van der Waals surface area contributed by atoms with Crippen LogP contribution in [0, 0.1) is 0 Å². The fourth-order valence-electron chi connectivity index (χ4n) is 2.47. The smallest absolute Gasteiger partial charge is 0.129 e. The molecule has 126 valence electrons. The van der Waals surface area contributed by atoms with E-state index >= 15 is 0 Å². The molecule has 0 rings (SSSR count). The van der Waals surface area contributed by atoms with Gasteiger partial charge in [-0.15, -0.1) is 0 Å². The largest absolute Gasteiger partial charge is 0.509 e. The van der Waals surface area contributed by atoms with Crippen LogP contribution >= 0.6 is 0 Å². The summed E-state index contributed by atoms with van der Waals surface area (Å²) < 4.78 is 0. The summed E-state index contributed by atoms with van der Waals surface area (Å²) >= 11 is 0. The third-order valence-corrected chi connectivity index (χ3v) is 3.92. The summed E-state index contributed by atoms with van der Waals surface area (Å²) in [4.78, 5) is 0. The Morgan fingerprint density at radius 3 is 1.38 bits per heavy atom.